The summed E-state index contributed by atoms with van der Waals surface area (Å²) < 4.78 is 12.8. The van der Waals surface area contributed by atoms with Gasteiger partial charge >= 0.3 is 0 Å². The van der Waals surface area contributed by atoms with E-state index in [0.29, 0.717) is 5.69 Å². The lowest BCUT2D eigenvalue weighted by Crippen LogP contribution is -2.43. The number of halogens is 1. The van der Waals surface area contributed by atoms with Gasteiger partial charge in [-0.25, -0.2) is 9.37 Å². The molecule has 3 rings (SSSR count). The van der Waals surface area contributed by atoms with Crippen molar-refractivity contribution in [1.82, 2.24) is 10.3 Å². The Labute approximate surface area is 134 Å². The van der Waals surface area contributed by atoms with Crippen LogP contribution in [0.25, 0.3) is 0 Å². The van der Waals surface area contributed by atoms with Gasteiger partial charge in [-0.2, -0.15) is 0 Å². The van der Waals surface area contributed by atoms with Gasteiger partial charge < -0.3 is 15.5 Å². The van der Waals surface area contributed by atoms with E-state index in [0.717, 1.165) is 37.6 Å². The zero-order valence-corrected chi connectivity index (χ0v) is 12.8. The van der Waals surface area contributed by atoms with E-state index < -0.39 is 0 Å². The number of rotatable bonds is 4. The third-order valence-electron chi connectivity index (χ3n) is 3.75. The molecule has 1 saturated heterocycles. The Morgan fingerprint density at radius 1 is 1.17 bits per heavy atom. The van der Waals surface area contributed by atoms with E-state index in [2.05, 4.69) is 20.5 Å². The highest BCUT2D eigenvalue weighted by Crippen LogP contribution is 2.15. The first-order valence-corrected chi connectivity index (χ1v) is 7.67. The van der Waals surface area contributed by atoms with Crippen LogP contribution in [-0.4, -0.2) is 37.1 Å². The number of pyridine rings is 1. The second-order valence-electron chi connectivity index (χ2n) is 5.49. The molecule has 1 fully saturated rings. The molecule has 120 valence electrons. The molecule has 1 aliphatic rings. The molecule has 0 atom stereocenters. The minimum absolute atomic E-state index is 0.145. The van der Waals surface area contributed by atoms with Crippen molar-refractivity contribution in [3.63, 3.8) is 0 Å². The Bertz CT molecular complexity index is 651. The molecular weight excluding hydrogens is 295 g/mol. The van der Waals surface area contributed by atoms with Gasteiger partial charge in [0.25, 0.3) is 0 Å². The largest absolute Gasteiger partial charge is 0.354 e. The van der Waals surface area contributed by atoms with Crippen LogP contribution >= 0.6 is 0 Å². The molecule has 2 aromatic rings. The summed E-state index contributed by atoms with van der Waals surface area (Å²) in [6.45, 7) is 3.78. The van der Waals surface area contributed by atoms with E-state index in [-0.39, 0.29) is 18.1 Å². The topological polar surface area (TPSA) is 57.3 Å². The molecule has 1 aromatic carbocycles. The molecule has 0 radical (unpaired) electrons. The van der Waals surface area contributed by atoms with Crippen molar-refractivity contribution in [3.8, 4) is 0 Å². The molecule has 1 aromatic heterocycles. The van der Waals surface area contributed by atoms with Crippen LogP contribution in [0.4, 0.5) is 15.9 Å². The normalized spacial score (nSPS) is 14.6. The van der Waals surface area contributed by atoms with Gasteiger partial charge in [0.15, 0.2) is 0 Å². The summed E-state index contributed by atoms with van der Waals surface area (Å²) in [5, 5.41) is 6.11. The van der Waals surface area contributed by atoms with Crippen molar-refractivity contribution < 1.29 is 9.18 Å². The Hall–Kier alpha value is -2.47. The summed E-state index contributed by atoms with van der Waals surface area (Å²) in [6, 6.07) is 9.70. The number of nitrogens with zero attached hydrogens (tertiary/aromatic N) is 2. The molecule has 5 nitrogen and oxygen atoms in total. The van der Waals surface area contributed by atoms with Gasteiger partial charge in [0.05, 0.1) is 18.3 Å². The predicted molar refractivity (Wildman–Crippen MR) is 88.1 cm³/mol. The summed E-state index contributed by atoms with van der Waals surface area (Å²) >= 11 is 0. The fraction of sp³-hybridized carbons (Fsp3) is 0.294. The molecule has 2 heterocycles. The van der Waals surface area contributed by atoms with Gasteiger partial charge in [0, 0.05) is 26.2 Å². The summed E-state index contributed by atoms with van der Waals surface area (Å²) in [4.78, 5) is 18.6. The number of amides is 1. The third-order valence-corrected chi connectivity index (χ3v) is 3.75. The Kier molecular flexibility index (Phi) is 4.83. The number of anilines is 2. The first kappa shape index (κ1) is 15.4. The zero-order chi connectivity index (χ0) is 16.1. The highest BCUT2D eigenvalue weighted by Gasteiger charge is 2.11. The lowest BCUT2D eigenvalue weighted by molar-refractivity contribution is -0.115. The van der Waals surface area contributed by atoms with Crippen LogP contribution in [0.3, 0.4) is 0 Å². The predicted octanol–water partition coefficient (Wildman–Crippen LogP) is 1.81. The van der Waals surface area contributed by atoms with Gasteiger partial charge in [-0.1, -0.05) is 12.1 Å². The first-order valence-electron chi connectivity index (χ1n) is 7.67. The Balaban J connectivity index is 1.57. The maximum atomic E-state index is 12.8. The maximum Gasteiger partial charge on any atom is 0.228 e. The molecule has 0 spiro atoms. The molecule has 0 aliphatic carbocycles. The van der Waals surface area contributed by atoms with E-state index in [1.54, 1.807) is 18.3 Å². The number of aromatic nitrogens is 1. The van der Waals surface area contributed by atoms with Gasteiger partial charge in [-0.15, -0.1) is 0 Å². The highest BCUT2D eigenvalue weighted by molar-refractivity contribution is 5.92. The van der Waals surface area contributed by atoms with Crippen molar-refractivity contribution in [2.75, 3.05) is 36.4 Å². The van der Waals surface area contributed by atoms with Gasteiger partial charge in [-0.3, -0.25) is 4.79 Å². The van der Waals surface area contributed by atoms with Crippen molar-refractivity contribution in [2.24, 2.45) is 0 Å². The fourth-order valence-corrected chi connectivity index (χ4v) is 2.53. The SMILES string of the molecule is O=C(Cc1ccc(F)cc1)Nc1ccc(N2CCNCC2)nc1. The molecule has 0 unspecified atom stereocenters. The molecule has 2 N–H and O–H groups in total. The minimum Gasteiger partial charge on any atom is -0.354 e. The lowest BCUT2D eigenvalue weighted by Gasteiger charge is -2.28. The van der Waals surface area contributed by atoms with Gasteiger partial charge in [0.2, 0.25) is 5.91 Å². The first-order chi connectivity index (χ1) is 11.2. The molecule has 6 heteroatoms. The average Bonchev–Trinajstić information content (AvgIpc) is 2.58. The van der Waals surface area contributed by atoms with Crippen LogP contribution < -0.4 is 15.5 Å². The molecule has 1 aliphatic heterocycles. The zero-order valence-electron chi connectivity index (χ0n) is 12.8. The molecule has 0 saturated carbocycles. The minimum atomic E-state index is -0.304. The van der Waals surface area contributed by atoms with Crippen molar-refractivity contribution in [1.29, 1.82) is 0 Å². The quantitative estimate of drug-likeness (QED) is 0.904. The second kappa shape index (κ2) is 7.19. The summed E-state index contributed by atoms with van der Waals surface area (Å²) in [5.74, 6) is 0.471. The number of benzene rings is 1. The summed E-state index contributed by atoms with van der Waals surface area (Å²) in [5.41, 5.74) is 1.44. The van der Waals surface area contributed by atoms with E-state index >= 15 is 0 Å². The van der Waals surface area contributed by atoms with E-state index in [4.69, 9.17) is 0 Å². The van der Waals surface area contributed by atoms with Crippen LogP contribution in [-0.2, 0) is 11.2 Å². The molecular formula is C17H19FN4O. The van der Waals surface area contributed by atoms with Gasteiger partial charge in [-0.05, 0) is 29.8 Å². The van der Waals surface area contributed by atoms with Gasteiger partial charge in [0.1, 0.15) is 11.6 Å². The van der Waals surface area contributed by atoms with Crippen LogP contribution in [0.1, 0.15) is 5.56 Å². The molecule has 0 bridgehead atoms. The highest BCUT2D eigenvalue weighted by atomic mass is 19.1. The number of piperazine rings is 1. The van der Waals surface area contributed by atoms with Crippen LogP contribution in [0.2, 0.25) is 0 Å². The number of hydrogen-bond acceptors (Lipinski definition) is 4. The number of carbonyl (C=O) groups excluding carboxylic acids is 1. The number of nitrogens with one attached hydrogen (secondary N) is 2. The standard InChI is InChI=1S/C17H19FN4O/c18-14-3-1-13(2-4-14)11-17(23)21-15-5-6-16(20-12-15)22-9-7-19-8-10-22/h1-6,12,19H,7-11H2,(H,21,23). The summed E-state index contributed by atoms with van der Waals surface area (Å²) in [7, 11) is 0. The Morgan fingerprint density at radius 3 is 2.57 bits per heavy atom. The Morgan fingerprint density at radius 2 is 1.91 bits per heavy atom. The van der Waals surface area contributed by atoms with Crippen LogP contribution in [0, 0.1) is 5.82 Å². The van der Waals surface area contributed by atoms with Crippen molar-refractivity contribution in [3.05, 3.63) is 54.0 Å². The second-order valence-corrected chi connectivity index (χ2v) is 5.49. The number of carbonyl (C=O) groups is 1. The summed E-state index contributed by atoms with van der Waals surface area (Å²) in [6.07, 6.45) is 1.87. The third kappa shape index (κ3) is 4.26. The molecule has 1 amide bonds. The average molecular weight is 314 g/mol. The monoisotopic (exact) mass is 314 g/mol. The number of hydrogen-bond donors (Lipinski definition) is 2. The van der Waals surface area contributed by atoms with E-state index in [1.165, 1.54) is 12.1 Å². The van der Waals surface area contributed by atoms with Crippen LogP contribution in [0.5, 0.6) is 0 Å². The maximum absolute atomic E-state index is 12.8. The lowest BCUT2D eigenvalue weighted by atomic mass is 10.1. The fourth-order valence-electron chi connectivity index (χ4n) is 2.53. The smallest absolute Gasteiger partial charge is 0.228 e. The van der Waals surface area contributed by atoms with E-state index in [9.17, 15) is 9.18 Å². The van der Waals surface area contributed by atoms with Crippen LogP contribution in [0.15, 0.2) is 42.6 Å². The molecule has 23 heavy (non-hydrogen) atoms. The van der Waals surface area contributed by atoms with Crippen molar-refractivity contribution in [2.45, 2.75) is 6.42 Å². The van der Waals surface area contributed by atoms with Crippen molar-refractivity contribution >= 4 is 17.4 Å². The van der Waals surface area contributed by atoms with E-state index in [1.807, 2.05) is 12.1 Å².